The second-order valence-electron chi connectivity index (χ2n) is 4.92. The highest BCUT2D eigenvalue weighted by Gasteiger charge is 2.39. The molecule has 15 heavy (non-hydrogen) atoms. The molecule has 0 aromatic rings. The molecule has 3 nitrogen and oxygen atoms in total. The van der Waals surface area contributed by atoms with Crippen LogP contribution in [0, 0.1) is 11.3 Å². The van der Waals surface area contributed by atoms with Crippen LogP contribution < -0.4 is 0 Å². The first-order valence-corrected chi connectivity index (χ1v) is 5.63. The molecule has 1 aliphatic carbocycles. The van der Waals surface area contributed by atoms with Crippen molar-refractivity contribution in [1.29, 1.82) is 0 Å². The van der Waals surface area contributed by atoms with E-state index in [0.29, 0.717) is 12.0 Å². The summed E-state index contributed by atoms with van der Waals surface area (Å²) >= 11 is 0. The Labute approximate surface area is 92.1 Å². The van der Waals surface area contributed by atoms with Crippen molar-refractivity contribution in [3.63, 3.8) is 0 Å². The zero-order valence-electron chi connectivity index (χ0n) is 10.2. The first-order valence-electron chi connectivity index (χ1n) is 5.63. The van der Waals surface area contributed by atoms with Gasteiger partial charge in [-0.1, -0.05) is 0 Å². The van der Waals surface area contributed by atoms with E-state index in [1.165, 1.54) is 7.11 Å². The summed E-state index contributed by atoms with van der Waals surface area (Å²) in [6.45, 7) is 3.97. The highest BCUT2D eigenvalue weighted by atomic mass is 16.5. The minimum absolute atomic E-state index is 0.0941. The molecule has 0 N–H and O–H groups in total. The fraction of sp³-hybridized carbons (Fsp3) is 0.917. The monoisotopic (exact) mass is 214 g/mol. The smallest absolute Gasteiger partial charge is 0.311 e. The number of rotatable bonds is 3. The van der Waals surface area contributed by atoms with Gasteiger partial charge in [-0.05, 0) is 45.4 Å². The van der Waals surface area contributed by atoms with Crippen LogP contribution in [-0.2, 0) is 14.3 Å². The Kier molecular flexibility index (Phi) is 4.14. The van der Waals surface area contributed by atoms with Gasteiger partial charge in [-0.3, -0.25) is 4.79 Å². The molecule has 0 unspecified atom stereocenters. The summed E-state index contributed by atoms with van der Waals surface area (Å²) in [5.41, 5.74) is -0.354. The Morgan fingerprint density at radius 3 is 2.07 bits per heavy atom. The van der Waals surface area contributed by atoms with Gasteiger partial charge in [0, 0.05) is 7.11 Å². The summed E-state index contributed by atoms with van der Waals surface area (Å²) in [5.74, 6) is 0.333. The maximum atomic E-state index is 11.6. The van der Waals surface area contributed by atoms with Crippen molar-refractivity contribution < 1.29 is 14.3 Å². The van der Waals surface area contributed by atoms with Crippen LogP contribution in [0.1, 0.15) is 39.5 Å². The van der Waals surface area contributed by atoms with E-state index in [-0.39, 0.29) is 11.4 Å². The van der Waals surface area contributed by atoms with Crippen LogP contribution in [0.25, 0.3) is 0 Å². The Morgan fingerprint density at radius 2 is 1.67 bits per heavy atom. The molecule has 0 aromatic carbocycles. The zero-order valence-corrected chi connectivity index (χ0v) is 10.2. The normalized spacial score (nSPS) is 27.5. The van der Waals surface area contributed by atoms with Crippen LogP contribution in [0.15, 0.2) is 0 Å². The number of methoxy groups -OCH3 is 2. The quantitative estimate of drug-likeness (QED) is 0.677. The summed E-state index contributed by atoms with van der Waals surface area (Å²) in [6, 6.07) is 0. The maximum Gasteiger partial charge on any atom is 0.311 e. The predicted octanol–water partition coefficient (Wildman–Crippen LogP) is 2.39. The van der Waals surface area contributed by atoms with Crippen molar-refractivity contribution in [3.8, 4) is 0 Å². The van der Waals surface area contributed by atoms with Crippen molar-refractivity contribution in [2.24, 2.45) is 11.3 Å². The number of carbonyl (C=O) groups excluding carboxylic acids is 1. The van der Waals surface area contributed by atoms with Crippen molar-refractivity contribution in [1.82, 2.24) is 0 Å². The van der Waals surface area contributed by atoms with Crippen molar-refractivity contribution in [3.05, 3.63) is 0 Å². The fourth-order valence-corrected chi connectivity index (χ4v) is 2.45. The molecule has 0 atom stereocenters. The molecule has 0 heterocycles. The average molecular weight is 214 g/mol. The van der Waals surface area contributed by atoms with E-state index < -0.39 is 0 Å². The van der Waals surface area contributed by atoms with Crippen LogP contribution in [0.5, 0.6) is 0 Å². The lowest BCUT2D eigenvalue weighted by Gasteiger charge is -2.36. The standard InChI is InChI=1S/C12H22O3/c1-12(2,11(13)15-4)9-5-7-10(14-3)8-6-9/h9-10H,5-8H2,1-4H3. The van der Waals surface area contributed by atoms with E-state index in [1.807, 2.05) is 13.8 Å². The van der Waals surface area contributed by atoms with E-state index >= 15 is 0 Å². The molecule has 1 aliphatic rings. The SMILES string of the molecule is COC(=O)C(C)(C)C1CCC(OC)CC1. The van der Waals surface area contributed by atoms with Gasteiger partial charge in [-0.15, -0.1) is 0 Å². The summed E-state index contributed by atoms with van der Waals surface area (Å²) in [4.78, 5) is 11.6. The Balaban J connectivity index is 2.55. The highest BCUT2D eigenvalue weighted by Crippen LogP contribution is 2.39. The van der Waals surface area contributed by atoms with E-state index in [1.54, 1.807) is 7.11 Å². The second kappa shape index (κ2) is 4.97. The Hall–Kier alpha value is -0.570. The van der Waals surface area contributed by atoms with Gasteiger partial charge in [0.2, 0.25) is 0 Å². The van der Waals surface area contributed by atoms with Crippen molar-refractivity contribution in [2.45, 2.75) is 45.6 Å². The van der Waals surface area contributed by atoms with E-state index in [9.17, 15) is 4.79 Å². The lowest BCUT2D eigenvalue weighted by atomic mass is 9.70. The topological polar surface area (TPSA) is 35.5 Å². The van der Waals surface area contributed by atoms with Gasteiger partial charge in [0.1, 0.15) is 0 Å². The second-order valence-corrected chi connectivity index (χ2v) is 4.92. The summed E-state index contributed by atoms with van der Waals surface area (Å²) in [5, 5.41) is 0. The van der Waals surface area contributed by atoms with E-state index in [4.69, 9.17) is 9.47 Å². The molecule has 0 aliphatic heterocycles. The molecule has 0 amide bonds. The third-order valence-electron chi connectivity index (χ3n) is 3.74. The Morgan fingerprint density at radius 1 is 1.13 bits per heavy atom. The van der Waals surface area contributed by atoms with E-state index in [0.717, 1.165) is 25.7 Å². The largest absolute Gasteiger partial charge is 0.469 e. The third kappa shape index (κ3) is 2.71. The van der Waals surface area contributed by atoms with Crippen LogP contribution >= 0.6 is 0 Å². The van der Waals surface area contributed by atoms with Crippen LogP contribution in [0.3, 0.4) is 0 Å². The van der Waals surface area contributed by atoms with Gasteiger partial charge < -0.3 is 9.47 Å². The summed E-state index contributed by atoms with van der Waals surface area (Å²) in [6.07, 6.45) is 4.61. The first kappa shape index (κ1) is 12.5. The number of carbonyl (C=O) groups is 1. The van der Waals surface area contributed by atoms with Gasteiger partial charge in [0.05, 0.1) is 18.6 Å². The molecule has 1 rings (SSSR count). The van der Waals surface area contributed by atoms with E-state index in [2.05, 4.69) is 0 Å². The minimum atomic E-state index is -0.354. The molecule has 0 bridgehead atoms. The first-order chi connectivity index (χ1) is 7.02. The molecule has 88 valence electrons. The van der Waals surface area contributed by atoms with Crippen LogP contribution in [0.2, 0.25) is 0 Å². The predicted molar refractivity (Wildman–Crippen MR) is 58.6 cm³/mol. The molecular formula is C12H22O3. The van der Waals surface area contributed by atoms with Gasteiger partial charge >= 0.3 is 5.97 Å². The molecule has 1 saturated carbocycles. The molecule has 3 heteroatoms. The lowest BCUT2D eigenvalue weighted by Crippen LogP contribution is -2.37. The number of ether oxygens (including phenoxy) is 2. The number of hydrogen-bond acceptors (Lipinski definition) is 3. The van der Waals surface area contributed by atoms with Crippen molar-refractivity contribution >= 4 is 5.97 Å². The zero-order chi connectivity index (χ0) is 11.5. The Bertz CT molecular complexity index is 215. The van der Waals surface area contributed by atoms with Crippen molar-refractivity contribution in [2.75, 3.05) is 14.2 Å². The lowest BCUT2D eigenvalue weighted by molar-refractivity contribution is -0.155. The number of hydrogen-bond donors (Lipinski definition) is 0. The molecule has 0 saturated heterocycles. The van der Waals surface area contributed by atoms with Crippen LogP contribution in [-0.4, -0.2) is 26.3 Å². The van der Waals surface area contributed by atoms with Gasteiger partial charge in [0.25, 0.3) is 0 Å². The molecule has 0 radical (unpaired) electrons. The maximum absolute atomic E-state index is 11.6. The minimum Gasteiger partial charge on any atom is -0.469 e. The van der Waals surface area contributed by atoms with Gasteiger partial charge in [0.15, 0.2) is 0 Å². The molecule has 0 spiro atoms. The average Bonchev–Trinajstić information content (AvgIpc) is 2.28. The molecule has 0 aromatic heterocycles. The fourth-order valence-electron chi connectivity index (χ4n) is 2.45. The summed E-state index contributed by atoms with van der Waals surface area (Å²) in [7, 11) is 3.22. The number of esters is 1. The molecule has 1 fully saturated rings. The third-order valence-corrected chi connectivity index (χ3v) is 3.74. The van der Waals surface area contributed by atoms with Gasteiger partial charge in [-0.2, -0.15) is 0 Å². The molecular weight excluding hydrogens is 192 g/mol. The van der Waals surface area contributed by atoms with Crippen LogP contribution in [0.4, 0.5) is 0 Å². The summed E-state index contributed by atoms with van der Waals surface area (Å²) < 4.78 is 10.2. The highest BCUT2D eigenvalue weighted by molar-refractivity contribution is 5.76. The van der Waals surface area contributed by atoms with Gasteiger partial charge in [-0.25, -0.2) is 0 Å².